The van der Waals surface area contributed by atoms with E-state index >= 15 is 0 Å². The number of likely N-dealkylation sites (N-methyl/N-ethyl adjacent to an activating group) is 1. The van der Waals surface area contributed by atoms with Crippen LogP contribution in [0.3, 0.4) is 0 Å². The van der Waals surface area contributed by atoms with Crippen LogP contribution < -0.4 is 0 Å². The number of rotatable bonds is 3. The molecule has 7 heteroatoms. The van der Waals surface area contributed by atoms with Crippen molar-refractivity contribution in [3.05, 3.63) is 35.4 Å². The summed E-state index contributed by atoms with van der Waals surface area (Å²) < 4.78 is 17.6. The zero-order chi connectivity index (χ0) is 18.9. The van der Waals surface area contributed by atoms with Crippen molar-refractivity contribution >= 4 is 17.7 Å². The normalized spacial score (nSPS) is 35.2. The molecular formula is C19H22N2O5. The largest absolute Gasteiger partial charge is 0.424 e. The van der Waals surface area contributed by atoms with E-state index in [1.165, 1.54) is 14.2 Å². The maximum Gasteiger partial charge on any atom is 0.360 e. The van der Waals surface area contributed by atoms with Gasteiger partial charge < -0.3 is 9.47 Å². The molecule has 4 rings (SSSR count). The number of hydrogen-bond acceptors (Lipinski definition) is 6. The number of nitrogens with zero attached hydrogens (tertiary/aromatic N) is 2. The fourth-order valence-corrected chi connectivity index (χ4v) is 4.53. The summed E-state index contributed by atoms with van der Waals surface area (Å²) in [4.78, 5) is 31.9. The molecule has 138 valence electrons. The Bertz CT molecular complexity index is 850. The van der Waals surface area contributed by atoms with Crippen LogP contribution in [0.15, 0.2) is 29.3 Å². The molecule has 0 aliphatic carbocycles. The highest BCUT2D eigenvalue weighted by Crippen LogP contribution is 2.66. The molecule has 3 aliphatic heterocycles. The smallest absolute Gasteiger partial charge is 0.360 e. The molecule has 1 fully saturated rings. The van der Waals surface area contributed by atoms with Crippen molar-refractivity contribution in [2.75, 3.05) is 14.2 Å². The van der Waals surface area contributed by atoms with Gasteiger partial charge in [-0.15, -0.1) is 0 Å². The highest BCUT2D eigenvalue weighted by Gasteiger charge is 2.87. The maximum atomic E-state index is 13.4. The second-order valence-electron chi connectivity index (χ2n) is 7.45. The fraction of sp³-hybridized carbons (Fsp3) is 0.526. The van der Waals surface area contributed by atoms with E-state index in [0.717, 1.165) is 4.90 Å². The number of carbonyl (C=O) groups is 2. The first kappa shape index (κ1) is 17.2. The average Bonchev–Trinajstić information content (AvgIpc) is 2.82. The van der Waals surface area contributed by atoms with Gasteiger partial charge in [0.15, 0.2) is 5.90 Å². The van der Waals surface area contributed by atoms with Crippen LogP contribution >= 0.6 is 0 Å². The van der Waals surface area contributed by atoms with Crippen molar-refractivity contribution in [1.82, 2.24) is 4.90 Å². The van der Waals surface area contributed by atoms with E-state index in [-0.39, 0.29) is 11.8 Å². The van der Waals surface area contributed by atoms with Gasteiger partial charge in [0.05, 0.1) is 0 Å². The van der Waals surface area contributed by atoms with Crippen LogP contribution in [0.4, 0.5) is 0 Å². The lowest BCUT2D eigenvalue weighted by atomic mass is 9.61. The van der Waals surface area contributed by atoms with E-state index < -0.39 is 23.0 Å². The summed E-state index contributed by atoms with van der Waals surface area (Å²) in [5, 5.41) is 0. The van der Waals surface area contributed by atoms with E-state index in [1.807, 2.05) is 13.8 Å². The summed E-state index contributed by atoms with van der Waals surface area (Å²) in [7, 11) is 2.94. The van der Waals surface area contributed by atoms with E-state index in [1.54, 1.807) is 31.2 Å². The first-order valence-electron chi connectivity index (χ1n) is 8.67. The van der Waals surface area contributed by atoms with Gasteiger partial charge in [0.2, 0.25) is 11.1 Å². The number of imide groups is 1. The topological polar surface area (TPSA) is 77.4 Å². The Balaban J connectivity index is 2.02. The van der Waals surface area contributed by atoms with Gasteiger partial charge in [-0.1, -0.05) is 32.0 Å². The van der Waals surface area contributed by atoms with E-state index in [2.05, 4.69) is 0 Å². The zero-order valence-electron chi connectivity index (χ0n) is 15.5. The van der Waals surface area contributed by atoms with Crippen LogP contribution in [0.5, 0.6) is 0 Å². The predicted octanol–water partition coefficient (Wildman–Crippen LogP) is 2.06. The molecule has 0 N–H and O–H groups in total. The number of carbonyl (C=O) groups excluding carboxylic acids is 2. The zero-order valence-corrected chi connectivity index (χ0v) is 15.5. The Morgan fingerprint density at radius 3 is 2.62 bits per heavy atom. The molecule has 2 amide bonds. The number of benzene rings is 1. The molecule has 0 aromatic heterocycles. The van der Waals surface area contributed by atoms with Crippen molar-refractivity contribution in [3.8, 4) is 0 Å². The molecule has 1 aromatic rings. The number of hydrogen-bond donors (Lipinski definition) is 0. The Kier molecular flexibility index (Phi) is 3.40. The van der Waals surface area contributed by atoms with E-state index in [0.29, 0.717) is 23.4 Å². The third kappa shape index (κ3) is 1.68. The van der Waals surface area contributed by atoms with Gasteiger partial charge in [0, 0.05) is 32.2 Å². The number of amides is 2. The monoisotopic (exact) mass is 358 g/mol. The molecule has 1 spiro atoms. The predicted molar refractivity (Wildman–Crippen MR) is 92.4 cm³/mol. The van der Waals surface area contributed by atoms with Gasteiger partial charge in [-0.25, -0.2) is 4.99 Å². The van der Waals surface area contributed by atoms with Gasteiger partial charge in [-0.2, -0.15) is 0 Å². The Hall–Kier alpha value is -2.25. The number of fused-ring (bicyclic) bond motifs is 4. The lowest BCUT2D eigenvalue weighted by Gasteiger charge is -2.63. The molecular weight excluding hydrogens is 336 g/mol. The highest BCUT2D eigenvalue weighted by atomic mass is 16.9. The first-order chi connectivity index (χ1) is 12.2. The van der Waals surface area contributed by atoms with Gasteiger partial charge in [-0.3, -0.25) is 19.2 Å². The summed E-state index contributed by atoms with van der Waals surface area (Å²) in [5.41, 5.74) is -1.61. The van der Waals surface area contributed by atoms with Gasteiger partial charge in [0.1, 0.15) is 0 Å². The standard InChI is InChI=1S/C19H22N2O5/c1-11(2)10-17-18(26-19(17,24-5)25-12(3)20-17)14-9-7-6-8-13(14)15(22)21(4)16(18)23/h6-9,11H,10H2,1-5H3/t17-,18-,19+/m0/s1. The summed E-state index contributed by atoms with van der Waals surface area (Å²) in [6, 6.07) is 7.01. The first-order valence-corrected chi connectivity index (χ1v) is 8.67. The Labute approximate surface area is 151 Å². The van der Waals surface area contributed by atoms with Crippen LogP contribution in [-0.4, -0.2) is 48.3 Å². The van der Waals surface area contributed by atoms with Crippen molar-refractivity contribution in [2.24, 2.45) is 10.9 Å². The summed E-state index contributed by atoms with van der Waals surface area (Å²) >= 11 is 0. The Morgan fingerprint density at radius 1 is 1.27 bits per heavy atom. The van der Waals surface area contributed by atoms with Gasteiger partial charge >= 0.3 is 5.97 Å². The summed E-state index contributed by atoms with van der Waals surface area (Å²) in [6.07, 6.45) is 0.500. The maximum absolute atomic E-state index is 13.4. The lowest BCUT2D eigenvalue weighted by molar-refractivity contribution is -0.491. The third-order valence-electron chi connectivity index (χ3n) is 5.43. The minimum absolute atomic E-state index is 0.187. The molecule has 0 unspecified atom stereocenters. The molecule has 1 saturated heterocycles. The quantitative estimate of drug-likeness (QED) is 0.773. The molecule has 3 atom stereocenters. The van der Waals surface area contributed by atoms with Gasteiger partial charge in [-0.05, 0) is 18.4 Å². The molecule has 3 heterocycles. The van der Waals surface area contributed by atoms with Crippen molar-refractivity contribution in [1.29, 1.82) is 0 Å². The van der Waals surface area contributed by atoms with Crippen LogP contribution in [0.1, 0.15) is 43.1 Å². The minimum Gasteiger partial charge on any atom is -0.424 e. The number of aliphatic imine (C=N–C) groups is 1. The number of methoxy groups -OCH3 is 1. The fourth-order valence-electron chi connectivity index (χ4n) is 4.53. The highest BCUT2D eigenvalue weighted by molar-refractivity contribution is 6.13. The van der Waals surface area contributed by atoms with Crippen LogP contribution in [0.25, 0.3) is 0 Å². The second-order valence-corrected chi connectivity index (χ2v) is 7.45. The molecule has 0 bridgehead atoms. The molecule has 26 heavy (non-hydrogen) atoms. The lowest BCUT2D eigenvalue weighted by Crippen LogP contribution is -2.83. The van der Waals surface area contributed by atoms with Crippen molar-refractivity contribution < 1.29 is 23.8 Å². The van der Waals surface area contributed by atoms with Gasteiger partial charge in [0.25, 0.3) is 11.8 Å². The molecule has 1 aromatic carbocycles. The SMILES string of the molecule is CO[C@@]12OC(C)=N[C@@]1(CC(C)C)[C@@]1(O2)C(=O)N(C)C(=O)c2ccccc21. The Morgan fingerprint density at radius 2 is 1.96 bits per heavy atom. The molecule has 0 radical (unpaired) electrons. The molecule has 7 nitrogen and oxygen atoms in total. The third-order valence-corrected chi connectivity index (χ3v) is 5.43. The molecule has 3 aliphatic rings. The van der Waals surface area contributed by atoms with Crippen LogP contribution in [-0.2, 0) is 24.6 Å². The van der Waals surface area contributed by atoms with Crippen LogP contribution in [0, 0.1) is 5.92 Å². The van der Waals surface area contributed by atoms with Crippen molar-refractivity contribution in [2.45, 2.75) is 44.3 Å². The molecule has 0 saturated carbocycles. The average molecular weight is 358 g/mol. The minimum atomic E-state index is -1.47. The summed E-state index contributed by atoms with van der Waals surface area (Å²) in [6.45, 7) is 5.79. The summed E-state index contributed by atoms with van der Waals surface area (Å²) in [5.74, 6) is -1.68. The number of ether oxygens (including phenoxy) is 3. The van der Waals surface area contributed by atoms with E-state index in [4.69, 9.17) is 19.2 Å². The van der Waals surface area contributed by atoms with E-state index in [9.17, 15) is 9.59 Å². The van der Waals surface area contributed by atoms with Crippen LogP contribution in [0.2, 0.25) is 0 Å². The van der Waals surface area contributed by atoms with Crippen molar-refractivity contribution in [3.63, 3.8) is 0 Å². The second kappa shape index (κ2) is 5.14.